The Bertz CT molecular complexity index is 788. The Kier molecular flexibility index (Phi) is 3.51. The third-order valence-electron chi connectivity index (χ3n) is 3.33. The minimum Gasteiger partial charge on any atom is -0.322 e. The van der Waals surface area contributed by atoms with Crippen molar-refractivity contribution in [2.24, 2.45) is 5.73 Å². The third-order valence-corrected chi connectivity index (χ3v) is 4.37. The van der Waals surface area contributed by atoms with Gasteiger partial charge in [0.25, 0.3) is 0 Å². The summed E-state index contributed by atoms with van der Waals surface area (Å²) < 4.78 is 16.0. The summed E-state index contributed by atoms with van der Waals surface area (Å²) in [5, 5.41) is 2.78. The highest BCUT2D eigenvalue weighted by Gasteiger charge is 2.19. The lowest BCUT2D eigenvalue weighted by Crippen LogP contribution is -2.05. The number of nitrogens with zero attached hydrogens (tertiary/aromatic N) is 3. The maximum atomic E-state index is 14.0. The van der Waals surface area contributed by atoms with E-state index in [1.165, 1.54) is 17.4 Å². The van der Waals surface area contributed by atoms with Crippen molar-refractivity contribution in [1.82, 2.24) is 14.5 Å². The van der Waals surface area contributed by atoms with Gasteiger partial charge in [-0.05, 0) is 32.9 Å². The van der Waals surface area contributed by atoms with Crippen LogP contribution in [0.1, 0.15) is 37.9 Å². The molecule has 0 aliphatic carbocycles. The molecule has 0 fully saturated rings. The van der Waals surface area contributed by atoms with Gasteiger partial charge in [-0.25, -0.2) is 14.4 Å². The van der Waals surface area contributed by atoms with Crippen molar-refractivity contribution in [3.8, 4) is 11.5 Å². The molecule has 110 valence electrons. The van der Waals surface area contributed by atoms with Gasteiger partial charge < -0.3 is 10.3 Å². The molecule has 0 amide bonds. The van der Waals surface area contributed by atoms with Crippen LogP contribution in [0.5, 0.6) is 0 Å². The molecule has 1 unspecified atom stereocenters. The first-order valence-electron chi connectivity index (χ1n) is 6.87. The molecule has 21 heavy (non-hydrogen) atoms. The second-order valence-corrected chi connectivity index (χ2v) is 6.26. The van der Waals surface area contributed by atoms with E-state index in [1.54, 1.807) is 6.07 Å². The van der Waals surface area contributed by atoms with Crippen molar-refractivity contribution in [3.05, 3.63) is 34.4 Å². The Balaban J connectivity index is 2.25. The molecule has 4 nitrogen and oxygen atoms in total. The average Bonchev–Trinajstić information content (AvgIpc) is 3.03. The molecule has 3 aromatic rings. The van der Waals surface area contributed by atoms with Crippen LogP contribution in [0.4, 0.5) is 4.39 Å². The van der Waals surface area contributed by atoms with E-state index in [0.29, 0.717) is 11.3 Å². The molecule has 0 radical (unpaired) electrons. The van der Waals surface area contributed by atoms with Gasteiger partial charge in [0.15, 0.2) is 11.6 Å². The van der Waals surface area contributed by atoms with Gasteiger partial charge in [0.2, 0.25) is 0 Å². The smallest absolute Gasteiger partial charge is 0.161 e. The monoisotopic (exact) mass is 304 g/mol. The fraction of sp³-hybridized carbons (Fsp3) is 0.333. The van der Waals surface area contributed by atoms with E-state index in [4.69, 9.17) is 5.73 Å². The Morgan fingerprint density at radius 2 is 2.00 bits per heavy atom. The van der Waals surface area contributed by atoms with Crippen LogP contribution < -0.4 is 5.73 Å². The summed E-state index contributed by atoms with van der Waals surface area (Å²) in [5.41, 5.74) is 7.78. The van der Waals surface area contributed by atoms with Gasteiger partial charge in [0, 0.05) is 11.4 Å². The molecule has 0 aliphatic heterocycles. The number of rotatable bonds is 3. The molecule has 2 heterocycles. The SMILES string of the molecule is CC(N)c1nc(-c2nc3c(F)cccc3n2C(C)C)cs1. The van der Waals surface area contributed by atoms with E-state index < -0.39 is 0 Å². The van der Waals surface area contributed by atoms with Crippen LogP contribution in [-0.4, -0.2) is 14.5 Å². The topological polar surface area (TPSA) is 56.7 Å². The zero-order valence-corrected chi connectivity index (χ0v) is 13.0. The second kappa shape index (κ2) is 5.20. The van der Waals surface area contributed by atoms with Crippen molar-refractivity contribution in [3.63, 3.8) is 0 Å². The zero-order chi connectivity index (χ0) is 15.1. The number of halogens is 1. The summed E-state index contributed by atoms with van der Waals surface area (Å²) >= 11 is 1.50. The summed E-state index contributed by atoms with van der Waals surface area (Å²) in [7, 11) is 0. The highest BCUT2D eigenvalue weighted by Crippen LogP contribution is 2.31. The minimum atomic E-state index is -0.309. The first-order chi connectivity index (χ1) is 9.99. The number of imidazole rings is 1. The van der Waals surface area contributed by atoms with Crippen molar-refractivity contribution < 1.29 is 4.39 Å². The molecule has 0 saturated carbocycles. The number of thiazole rings is 1. The molecule has 0 aliphatic rings. The van der Waals surface area contributed by atoms with Crippen LogP contribution in [0.15, 0.2) is 23.6 Å². The summed E-state index contributed by atoms with van der Waals surface area (Å²) in [6.45, 7) is 6.00. The van der Waals surface area contributed by atoms with Crippen molar-refractivity contribution in [2.45, 2.75) is 32.9 Å². The molecule has 6 heteroatoms. The van der Waals surface area contributed by atoms with Gasteiger partial charge in [-0.3, -0.25) is 0 Å². The van der Waals surface area contributed by atoms with Gasteiger partial charge in [0.1, 0.15) is 16.2 Å². The molecule has 2 aromatic heterocycles. The van der Waals surface area contributed by atoms with Crippen molar-refractivity contribution in [1.29, 1.82) is 0 Å². The molecule has 0 saturated heterocycles. The lowest BCUT2D eigenvalue weighted by atomic mass is 10.3. The fourth-order valence-electron chi connectivity index (χ4n) is 2.39. The summed E-state index contributed by atoms with van der Waals surface area (Å²) in [4.78, 5) is 9.00. The fourth-order valence-corrected chi connectivity index (χ4v) is 3.14. The van der Waals surface area contributed by atoms with E-state index in [9.17, 15) is 4.39 Å². The number of nitrogens with two attached hydrogens (primary N) is 1. The largest absolute Gasteiger partial charge is 0.322 e. The van der Waals surface area contributed by atoms with Crippen molar-refractivity contribution >= 4 is 22.4 Å². The lowest BCUT2D eigenvalue weighted by molar-refractivity contribution is 0.622. The summed E-state index contributed by atoms with van der Waals surface area (Å²) in [5.74, 6) is 0.379. The Morgan fingerprint density at radius 3 is 2.62 bits per heavy atom. The van der Waals surface area contributed by atoms with Gasteiger partial charge in [-0.1, -0.05) is 6.07 Å². The van der Waals surface area contributed by atoms with Gasteiger partial charge in [0.05, 0.1) is 11.6 Å². The van der Waals surface area contributed by atoms with Crippen LogP contribution in [0.25, 0.3) is 22.6 Å². The maximum absolute atomic E-state index is 14.0. The second-order valence-electron chi connectivity index (χ2n) is 5.37. The van der Waals surface area contributed by atoms with E-state index in [-0.39, 0.29) is 17.9 Å². The maximum Gasteiger partial charge on any atom is 0.161 e. The molecule has 1 atom stereocenters. The summed E-state index contributed by atoms with van der Waals surface area (Å²) in [6.07, 6.45) is 0. The van der Waals surface area contributed by atoms with Gasteiger partial charge in [-0.2, -0.15) is 0 Å². The van der Waals surface area contributed by atoms with Crippen LogP contribution >= 0.6 is 11.3 Å². The van der Waals surface area contributed by atoms with Gasteiger partial charge >= 0.3 is 0 Å². The Morgan fingerprint density at radius 1 is 1.24 bits per heavy atom. The van der Waals surface area contributed by atoms with Crippen LogP contribution in [0, 0.1) is 5.82 Å². The quantitative estimate of drug-likeness (QED) is 0.798. The molecule has 2 N–H and O–H groups in total. The normalized spacial score (nSPS) is 13.2. The zero-order valence-electron chi connectivity index (χ0n) is 12.2. The Hall–Kier alpha value is -1.79. The molecule has 0 spiro atoms. The highest BCUT2D eigenvalue weighted by atomic mass is 32.1. The van der Waals surface area contributed by atoms with Crippen molar-refractivity contribution in [2.75, 3.05) is 0 Å². The van der Waals surface area contributed by atoms with E-state index in [1.807, 2.05) is 36.8 Å². The minimum absolute atomic E-state index is 0.114. The van der Waals surface area contributed by atoms with E-state index in [2.05, 4.69) is 9.97 Å². The number of para-hydroxylation sites is 1. The summed E-state index contributed by atoms with van der Waals surface area (Å²) in [6, 6.07) is 5.06. The predicted molar refractivity (Wildman–Crippen MR) is 83.8 cm³/mol. The average molecular weight is 304 g/mol. The van der Waals surface area contributed by atoms with E-state index >= 15 is 0 Å². The molecule has 0 bridgehead atoms. The number of hydrogen-bond acceptors (Lipinski definition) is 4. The molecule has 1 aromatic carbocycles. The number of benzene rings is 1. The number of aromatic nitrogens is 3. The highest BCUT2D eigenvalue weighted by molar-refractivity contribution is 7.10. The lowest BCUT2D eigenvalue weighted by Gasteiger charge is -2.11. The van der Waals surface area contributed by atoms with Gasteiger partial charge in [-0.15, -0.1) is 11.3 Å². The van der Waals surface area contributed by atoms with Crippen LogP contribution in [0.3, 0.4) is 0 Å². The third kappa shape index (κ3) is 2.34. The molecule has 3 rings (SSSR count). The first-order valence-corrected chi connectivity index (χ1v) is 7.75. The van der Waals surface area contributed by atoms with E-state index in [0.717, 1.165) is 16.2 Å². The standard InChI is InChI=1S/C15H17FN4S/c1-8(2)20-12-6-4-5-10(16)13(12)19-14(20)11-7-21-15(18-11)9(3)17/h4-9H,17H2,1-3H3. The number of fused-ring (bicyclic) bond motifs is 1. The molecular weight excluding hydrogens is 287 g/mol. The molecular formula is C15H17FN4S. The van der Waals surface area contributed by atoms with Crippen LogP contribution in [-0.2, 0) is 0 Å². The first kappa shape index (κ1) is 14.2. The van der Waals surface area contributed by atoms with Crippen LogP contribution in [0.2, 0.25) is 0 Å². The predicted octanol–water partition coefficient (Wildman–Crippen LogP) is 3.90. The Labute approximate surface area is 126 Å². The number of hydrogen-bond donors (Lipinski definition) is 1.